The van der Waals surface area contributed by atoms with Gasteiger partial charge < -0.3 is 10.6 Å². The van der Waals surface area contributed by atoms with E-state index in [1.165, 1.54) is 6.42 Å². The summed E-state index contributed by atoms with van der Waals surface area (Å²) in [4.78, 5) is 2.26. The number of hydrogen-bond acceptors (Lipinski definition) is 4. The molecule has 2 heterocycles. The van der Waals surface area contributed by atoms with E-state index in [0.717, 1.165) is 31.5 Å². The second-order valence-corrected chi connectivity index (χ2v) is 5.01. The van der Waals surface area contributed by atoms with Gasteiger partial charge in [-0.1, -0.05) is 23.2 Å². The average Bonchev–Trinajstić information content (AvgIpc) is 2.34. The molecule has 4 nitrogen and oxygen atoms in total. The number of halogens is 2. The van der Waals surface area contributed by atoms with E-state index >= 15 is 0 Å². The standard InChI is InChI=1S/C11H16Cl2N4/c12-10-7-9(11(13)16-15-10)17-6-2-1-3-8(17)4-5-14/h7-8H,1-6,14H2. The maximum atomic E-state index is 6.09. The molecule has 0 spiro atoms. The fraction of sp³-hybridized carbons (Fsp3) is 0.636. The third-order valence-corrected chi connectivity index (χ3v) is 3.59. The van der Waals surface area contributed by atoms with E-state index in [9.17, 15) is 0 Å². The van der Waals surface area contributed by atoms with Gasteiger partial charge in [-0.2, -0.15) is 0 Å². The molecule has 94 valence electrons. The monoisotopic (exact) mass is 274 g/mol. The number of hydrogen-bond donors (Lipinski definition) is 1. The van der Waals surface area contributed by atoms with E-state index in [2.05, 4.69) is 15.1 Å². The van der Waals surface area contributed by atoms with E-state index in [0.29, 0.717) is 22.9 Å². The molecule has 0 amide bonds. The zero-order chi connectivity index (χ0) is 12.3. The molecular formula is C11H16Cl2N4. The molecule has 17 heavy (non-hydrogen) atoms. The number of piperidine rings is 1. The number of rotatable bonds is 3. The lowest BCUT2D eigenvalue weighted by molar-refractivity contribution is 0.441. The first-order chi connectivity index (χ1) is 8.22. The minimum atomic E-state index is 0.376. The Bertz CT molecular complexity index is 384. The Morgan fingerprint density at radius 1 is 1.35 bits per heavy atom. The van der Waals surface area contributed by atoms with Gasteiger partial charge in [0, 0.05) is 18.7 Å². The second-order valence-electron chi connectivity index (χ2n) is 4.26. The minimum Gasteiger partial charge on any atom is -0.366 e. The molecule has 0 aliphatic carbocycles. The van der Waals surface area contributed by atoms with Crippen molar-refractivity contribution < 1.29 is 0 Å². The highest BCUT2D eigenvalue weighted by Crippen LogP contribution is 2.31. The predicted molar refractivity (Wildman–Crippen MR) is 70.7 cm³/mol. The van der Waals surface area contributed by atoms with Crippen LogP contribution < -0.4 is 10.6 Å². The fourth-order valence-electron chi connectivity index (χ4n) is 2.36. The summed E-state index contributed by atoms with van der Waals surface area (Å²) in [5.74, 6) is 0. The Labute approximate surface area is 111 Å². The van der Waals surface area contributed by atoms with Crippen molar-refractivity contribution >= 4 is 28.9 Å². The Hall–Kier alpha value is -0.580. The molecule has 6 heteroatoms. The van der Waals surface area contributed by atoms with E-state index in [4.69, 9.17) is 28.9 Å². The maximum Gasteiger partial charge on any atom is 0.175 e. The normalized spacial score (nSPS) is 20.6. The van der Waals surface area contributed by atoms with E-state index < -0.39 is 0 Å². The topological polar surface area (TPSA) is 55.0 Å². The number of nitrogens with two attached hydrogens (primary N) is 1. The van der Waals surface area contributed by atoms with Crippen LogP contribution in [0.1, 0.15) is 25.7 Å². The third-order valence-electron chi connectivity index (χ3n) is 3.14. The molecular weight excluding hydrogens is 259 g/mol. The fourth-order valence-corrected chi connectivity index (χ4v) is 2.70. The summed E-state index contributed by atoms with van der Waals surface area (Å²) in [6.07, 6.45) is 4.52. The van der Waals surface area contributed by atoms with E-state index in [1.807, 2.05) is 0 Å². The van der Waals surface area contributed by atoms with Crippen LogP contribution >= 0.6 is 23.2 Å². The molecule has 1 aliphatic heterocycles. The summed E-state index contributed by atoms with van der Waals surface area (Å²) in [5, 5.41) is 8.39. The SMILES string of the molecule is NCCC1CCCCN1c1cc(Cl)nnc1Cl. The molecule has 2 N–H and O–H groups in total. The van der Waals surface area contributed by atoms with Crippen LogP contribution in [0.2, 0.25) is 10.3 Å². The summed E-state index contributed by atoms with van der Waals surface area (Å²) in [5.41, 5.74) is 6.53. The quantitative estimate of drug-likeness (QED) is 0.920. The van der Waals surface area contributed by atoms with Gasteiger partial charge in [-0.3, -0.25) is 0 Å². The number of anilines is 1. The molecule has 0 saturated carbocycles. The Kier molecular flexibility index (Phi) is 4.42. The largest absolute Gasteiger partial charge is 0.366 e. The summed E-state index contributed by atoms with van der Waals surface area (Å²) in [7, 11) is 0. The first kappa shape index (κ1) is 12.9. The van der Waals surface area contributed by atoms with Gasteiger partial charge >= 0.3 is 0 Å². The van der Waals surface area contributed by atoms with Crippen molar-refractivity contribution in [2.75, 3.05) is 18.0 Å². The highest BCUT2D eigenvalue weighted by Gasteiger charge is 2.24. The van der Waals surface area contributed by atoms with Crippen LogP contribution in [0.3, 0.4) is 0 Å². The van der Waals surface area contributed by atoms with E-state index in [-0.39, 0.29) is 0 Å². The first-order valence-electron chi connectivity index (χ1n) is 5.88. The molecule has 0 radical (unpaired) electrons. The molecule has 0 bridgehead atoms. The van der Waals surface area contributed by atoms with Crippen LogP contribution in [0, 0.1) is 0 Å². The third kappa shape index (κ3) is 3.00. The number of nitrogens with zero attached hydrogens (tertiary/aromatic N) is 3. The lowest BCUT2D eigenvalue weighted by Gasteiger charge is -2.37. The molecule has 1 atom stereocenters. The molecule has 1 aliphatic rings. The molecule has 0 aromatic carbocycles. The van der Waals surface area contributed by atoms with Gasteiger partial charge in [0.2, 0.25) is 0 Å². The molecule has 1 saturated heterocycles. The first-order valence-corrected chi connectivity index (χ1v) is 6.63. The molecule has 1 aromatic heterocycles. The van der Waals surface area contributed by atoms with Gasteiger partial charge in [0.1, 0.15) is 0 Å². The van der Waals surface area contributed by atoms with Crippen LogP contribution in [0.5, 0.6) is 0 Å². The second kappa shape index (κ2) is 5.85. The van der Waals surface area contributed by atoms with Crippen LogP contribution in [-0.2, 0) is 0 Å². The summed E-state index contributed by atoms with van der Waals surface area (Å²) < 4.78 is 0. The van der Waals surface area contributed by atoms with Gasteiger partial charge in [0.25, 0.3) is 0 Å². The van der Waals surface area contributed by atoms with E-state index in [1.54, 1.807) is 6.07 Å². The predicted octanol–water partition coefficient (Wildman–Crippen LogP) is 2.49. The maximum absolute atomic E-state index is 6.09. The van der Waals surface area contributed by atoms with Crippen molar-refractivity contribution in [2.24, 2.45) is 5.73 Å². The lowest BCUT2D eigenvalue weighted by atomic mass is 9.99. The van der Waals surface area contributed by atoms with Crippen molar-refractivity contribution in [2.45, 2.75) is 31.7 Å². The van der Waals surface area contributed by atoms with Crippen LogP contribution in [0.4, 0.5) is 5.69 Å². The van der Waals surface area contributed by atoms with Crippen molar-refractivity contribution in [3.8, 4) is 0 Å². The van der Waals surface area contributed by atoms with Crippen molar-refractivity contribution in [3.63, 3.8) is 0 Å². The molecule has 1 fully saturated rings. The lowest BCUT2D eigenvalue weighted by Crippen LogP contribution is -2.41. The average molecular weight is 275 g/mol. The van der Waals surface area contributed by atoms with Crippen molar-refractivity contribution in [1.82, 2.24) is 10.2 Å². The van der Waals surface area contributed by atoms with Crippen LogP contribution in [0.15, 0.2) is 6.07 Å². The summed E-state index contributed by atoms with van der Waals surface area (Å²) >= 11 is 12.0. The number of aromatic nitrogens is 2. The Morgan fingerprint density at radius 2 is 2.18 bits per heavy atom. The Morgan fingerprint density at radius 3 is 2.94 bits per heavy atom. The zero-order valence-electron chi connectivity index (χ0n) is 9.57. The Balaban J connectivity index is 2.25. The zero-order valence-corrected chi connectivity index (χ0v) is 11.1. The van der Waals surface area contributed by atoms with Crippen molar-refractivity contribution in [1.29, 1.82) is 0 Å². The van der Waals surface area contributed by atoms with Gasteiger partial charge in [0.05, 0.1) is 5.69 Å². The minimum absolute atomic E-state index is 0.376. The molecule has 1 unspecified atom stereocenters. The highest BCUT2D eigenvalue weighted by molar-refractivity contribution is 6.33. The van der Waals surface area contributed by atoms with Gasteiger partial charge in [0.15, 0.2) is 10.3 Å². The van der Waals surface area contributed by atoms with Gasteiger partial charge in [-0.15, -0.1) is 10.2 Å². The summed E-state index contributed by atoms with van der Waals surface area (Å²) in [6, 6.07) is 2.22. The van der Waals surface area contributed by atoms with Crippen LogP contribution in [-0.4, -0.2) is 29.3 Å². The van der Waals surface area contributed by atoms with Gasteiger partial charge in [-0.25, -0.2) is 0 Å². The highest BCUT2D eigenvalue weighted by atomic mass is 35.5. The smallest absolute Gasteiger partial charge is 0.175 e. The summed E-state index contributed by atoms with van der Waals surface area (Å²) in [6.45, 7) is 1.66. The van der Waals surface area contributed by atoms with Crippen molar-refractivity contribution in [3.05, 3.63) is 16.4 Å². The van der Waals surface area contributed by atoms with Crippen LogP contribution in [0.25, 0.3) is 0 Å². The molecule has 1 aromatic rings. The molecule has 2 rings (SSSR count). The van der Waals surface area contributed by atoms with Gasteiger partial charge in [-0.05, 0) is 32.2 Å².